The molecule has 22 heavy (non-hydrogen) atoms. The summed E-state index contributed by atoms with van der Waals surface area (Å²) in [5, 5.41) is 4.22. The van der Waals surface area contributed by atoms with Gasteiger partial charge in [0.05, 0.1) is 12.3 Å². The Kier molecular flexibility index (Phi) is 5.72. The monoisotopic (exact) mass is 296 g/mol. The molecule has 2 aromatic rings. The zero-order valence-corrected chi connectivity index (χ0v) is 12.9. The second-order valence-electron chi connectivity index (χ2n) is 4.92. The molecule has 1 N–H and O–H groups in total. The maximum Gasteiger partial charge on any atom is 0.354 e. The first-order valence-corrected chi connectivity index (χ1v) is 7.29. The molecule has 4 heteroatoms. The molecule has 114 valence electrons. The molecule has 0 saturated heterocycles. The van der Waals surface area contributed by atoms with Gasteiger partial charge in [0.2, 0.25) is 0 Å². The molecule has 0 aliphatic heterocycles. The minimum atomic E-state index is -0.397. The quantitative estimate of drug-likeness (QED) is 0.503. The number of hydrazone groups is 1. The van der Waals surface area contributed by atoms with Crippen molar-refractivity contribution >= 4 is 17.4 Å². The van der Waals surface area contributed by atoms with E-state index >= 15 is 0 Å². The molecule has 0 aromatic heterocycles. The van der Waals surface area contributed by atoms with E-state index in [0.717, 1.165) is 11.3 Å². The summed E-state index contributed by atoms with van der Waals surface area (Å²) in [6, 6.07) is 17.5. The number of carbonyl (C=O) groups excluding carboxylic acids is 1. The van der Waals surface area contributed by atoms with Gasteiger partial charge in [-0.3, -0.25) is 5.43 Å². The average Bonchev–Trinajstić information content (AvgIpc) is 2.54. The lowest BCUT2D eigenvalue weighted by Crippen LogP contribution is -2.21. The van der Waals surface area contributed by atoms with E-state index in [1.165, 1.54) is 5.56 Å². The first-order valence-electron chi connectivity index (χ1n) is 7.29. The fourth-order valence-electron chi connectivity index (χ4n) is 1.92. The predicted octanol–water partition coefficient (Wildman–Crippen LogP) is 3.57. The van der Waals surface area contributed by atoms with E-state index in [-0.39, 0.29) is 0 Å². The van der Waals surface area contributed by atoms with Gasteiger partial charge in [-0.15, -0.1) is 0 Å². The van der Waals surface area contributed by atoms with Crippen LogP contribution >= 0.6 is 0 Å². The molecule has 0 heterocycles. The van der Waals surface area contributed by atoms with Gasteiger partial charge in [0.1, 0.15) is 5.71 Å². The SMILES string of the molecule is CCOC(=O)C(Cc1ccc(C)cc1)=NNc1ccccc1. The van der Waals surface area contributed by atoms with E-state index in [4.69, 9.17) is 4.74 Å². The zero-order chi connectivity index (χ0) is 15.8. The molecule has 0 aliphatic carbocycles. The van der Waals surface area contributed by atoms with Crippen molar-refractivity contribution in [1.29, 1.82) is 0 Å². The van der Waals surface area contributed by atoms with Crippen LogP contribution in [0.2, 0.25) is 0 Å². The fourth-order valence-corrected chi connectivity index (χ4v) is 1.92. The Balaban J connectivity index is 2.15. The van der Waals surface area contributed by atoms with Crippen LogP contribution in [-0.2, 0) is 16.0 Å². The summed E-state index contributed by atoms with van der Waals surface area (Å²) in [5.74, 6) is -0.397. The number of rotatable bonds is 6. The largest absolute Gasteiger partial charge is 0.461 e. The van der Waals surface area contributed by atoms with Crippen LogP contribution in [0.1, 0.15) is 18.1 Å². The van der Waals surface area contributed by atoms with Crippen molar-refractivity contribution in [3.05, 3.63) is 65.7 Å². The fraction of sp³-hybridized carbons (Fsp3) is 0.222. The van der Waals surface area contributed by atoms with E-state index in [0.29, 0.717) is 18.7 Å². The molecule has 2 aromatic carbocycles. The molecule has 2 rings (SSSR count). The summed E-state index contributed by atoms with van der Waals surface area (Å²) in [6.07, 6.45) is 0.430. The molecule has 0 amide bonds. The second kappa shape index (κ2) is 7.98. The highest BCUT2D eigenvalue weighted by Crippen LogP contribution is 2.08. The maximum atomic E-state index is 12.0. The van der Waals surface area contributed by atoms with Gasteiger partial charge in [-0.1, -0.05) is 48.0 Å². The highest BCUT2D eigenvalue weighted by molar-refractivity contribution is 6.37. The van der Waals surface area contributed by atoms with Crippen LogP contribution < -0.4 is 5.43 Å². The van der Waals surface area contributed by atoms with Gasteiger partial charge in [0, 0.05) is 6.42 Å². The van der Waals surface area contributed by atoms with Crippen molar-refractivity contribution in [3.8, 4) is 0 Å². The van der Waals surface area contributed by atoms with Crippen molar-refractivity contribution in [2.75, 3.05) is 12.0 Å². The van der Waals surface area contributed by atoms with Crippen LogP contribution in [-0.4, -0.2) is 18.3 Å². The summed E-state index contributed by atoms with van der Waals surface area (Å²) in [5.41, 5.74) is 6.29. The number of hydrogen-bond acceptors (Lipinski definition) is 4. The molecular weight excluding hydrogens is 276 g/mol. The van der Waals surface area contributed by atoms with Gasteiger partial charge in [0.25, 0.3) is 0 Å². The van der Waals surface area contributed by atoms with Crippen molar-refractivity contribution in [3.63, 3.8) is 0 Å². The minimum absolute atomic E-state index is 0.330. The molecule has 0 saturated carbocycles. The Morgan fingerprint density at radius 2 is 1.77 bits per heavy atom. The standard InChI is InChI=1S/C18H20N2O2/c1-3-22-18(21)17(13-15-11-9-14(2)10-12-15)20-19-16-7-5-4-6-8-16/h4-12,19H,3,13H2,1-2H3. The van der Waals surface area contributed by atoms with Crippen LogP contribution in [0.25, 0.3) is 0 Å². The third kappa shape index (κ3) is 4.74. The molecule has 0 atom stereocenters. The average molecular weight is 296 g/mol. The second-order valence-corrected chi connectivity index (χ2v) is 4.92. The zero-order valence-electron chi connectivity index (χ0n) is 12.9. The van der Waals surface area contributed by atoms with Crippen LogP contribution in [0.4, 0.5) is 5.69 Å². The number of ether oxygens (including phenoxy) is 1. The topological polar surface area (TPSA) is 50.7 Å². The third-order valence-electron chi connectivity index (χ3n) is 3.10. The summed E-state index contributed by atoms with van der Waals surface area (Å²) in [6.45, 7) is 4.14. The van der Waals surface area contributed by atoms with Gasteiger partial charge >= 0.3 is 5.97 Å². The number of benzene rings is 2. The lowest BCUT2D eigenvalue weighted by molar-refractivity contribution is -0.135. The summed E-state index contributed by atoms with van der Waals surface area (Å²) in [4.78, 5) is 12.0. The summed E-state index contributed by atoms with van der Waals surface area (Å²) in [7, 11) is 0. The number of esters is 1. The van der Waals surface area contributed by atoms with E-state index < -0.39 is 5.97 Å². The van der Waals surface area contributed by atoms with Gasteiger partial charge in [-0.2, -0.15) is 5.10 Å². The summed E-state index contributed by atoms with van der Waals surface area (Å²) >= 11 is 0. The van der Waals surface area contributed by atoms with E-state index in [9.17, 15) is 4.79 Å². The van der Waals surface area contributed by atoms with Gasteiger partial charge in [0.15, 0.2) is 0 Å². The van der Waals surface area contributed by atoms with E-state index in [1.807, 2.05) is 61.5 Å². The Morgan fingerprint density at radius 3 is 2.41 bits per heavy atom. The predicted molar refractivity (Wildman–Crippen MR) is 89.0 cm³/mol. The number of nitrogens with one attached hydrogen (secondary N) is 1. The van der Waals surface area contributed by atoms with Gasteiger partial charge in [-0.05, 0) is 31.5 Å². The number of anilines is 1. The molecule has 0 radical (unpaired) electrons. The number of hydrogen-bond donors (Lipinski definition) is 1. The van der Waals surface area contributed by atoms with Gasteiger partial charge < -0.3 is 4.74 Å². The molecule has 0 fully saturated rings. The maximum absolute atomic E-state index is 12.0. The van der Waals surface area contributed by atoms with Gasteiger partial charge in [-0.25, -0.2) is 4.79 Å². The Hall–Kier alpha value is -2.62. The molecule has 0 aliphatic rings. The third-order valence-corrected chi connectivity index (χ3v) is 3.10. The summed E-state index contributed by atoms with van der Waals surface area (Å²) < 4.78 is 5.08. The first-order chi connectivity index (χ1) is 10.7. The smallest absolute Gasteiger partial charge is 0.354 e. The highest BCUT2D eigenvalue weighted by Gasteiger charge is 2.13. The van der Waals surface area contributed by atoms with Crippen molar-refractivity contribution in [2.45, 2.75) is 20.3 Å². The normalized spacial score (nSPS) is 11.1. The Bertz CT molecular complexity index is 634. The Labute approximate surface area is 130 Å². The van der Waals surface area contributed by atoms with E-state index in [2.05, 4.69) is 10.5 Å². The molecule has 0 bridgehead atoms. The lowest BCUT2D eigenvalue weighted by Gasteiger charge is -2.08. The van der Waals surface area contributed by atoms with Crippen molar-refractivity contribution in [2.24, 2.45) is 5.10 Å². The molecule has 0 unspecified atom stereocenters. The minimum Gasteiger partial charge on any atom is -0.461 e. The van der Waals surface area contributed by atoms with E-state index in [1.54, 1.807) is 6.92 Å². The number of aryl methyl sites for hydroxylation is 1. The molecule has 4 nitrogen and oxygen atoms in total. The van der Waals surface area contributed by atoms with Crippen molar-refractivity contribution < 1.29 is 9.53 Å². The lowest BCUT2D eigenvalue weighted by atomic mass is 10.1. The van der Waals surface area contributed by atoms with Crippen LogP contribution in [0, 0.1) is 6.92 Å². The van der Waals surface area contributed by atoms with Crippen LogP contribution in [0.3, 0.4) is 0 Å². The van der Waals surface area contributed by atoms with Crippen molar-refractivity contribution in [1.82, 2.24) is 0 Å². The van der Waals surface area contributed by atoms with Crippen LogP contribution in [0.5, 0.6) is 0 Å². The number of para-hydroxylation sites is 1. The first kappa shape index (κ1) is 15.8. The molecule has 0 spiro atoms. The molecular formula is C18H20N2O2. The van der Waals surface area contributed by atoms with Crippen LogP contribution in [0.15, 0.2) is 59.7 Å². The Morgan fingerprint density at radius 1 is 1.09 bits per heavy atom. The number of carbonyl (C=O) groups is 1. The highest BCUT2D eigenvalue weighted by atomic mass is 16.5. The number of nitrogens with zero attached hydrogens (tertiary/aromatic N) is 1.